The van der Waals surface area contributed by atoms with Gasteiger partial charge in [0.1, 0.15) is 5.75 Å². The van der Waals surface area contributed by atoms with Gasteiger partial charge in [0, 0.05) is 29.1 Å². The number of hydrogen-bond donors (Lipinski definition) is 0. The maximum Gasteiger partial charge on any atom is 0.185 e. The van der Waals surface area contributed by atoms with Crippen molar-refractivity contribution >= 4 is 17.8 Å². The number of carboxylic acid groups (broad SMARTS) is 1. The zero-order valence-electron chi connectivity index (χ0n) is 14.8. The van der Waals surface area contributed by atoms with Crippen LogP contribution in [0.1, 0.15) is 21.5 Å². The second-order valence-electron chi connectivity index (χ2n) is 5.36. The van der Waals surface area contributed by atoms with Gasteiger partial charge < -0.3 is 24.1 Å². The summed E-state index contributed by atoms with van der Waals surface area (Å²) in [6, 6.07) is 9.97. The van der Waals surface area contributed by atoms with Crippen LogP contribution in [-0.2, 0) is 11.2 Å². The Hall–Kier alpha value is -3.28. The van der Waals surface area contributed by atoms with E-state index in [0.717, 1.165) is 0 Å². The van der Waals surface area contributed by atoms with Crippen molar-refractivity contribution in [3.8, 4) is 17.2 Å². The van der Waals surface area contributed by atoms with Crippen molar-refractivity contribution in [2.45, 2.75) is 6.42 Å². The highest BCUT2D eigenvalue weighted by Gasteiger charge is 2.10. The molecular weight excluding hydrogens is 336 g/mol. The van der Waals surface area contributed by atoms with Gasteiger partial charge in [-0.25, -0.2) is 0 Å². The van der Waals surface area contributed by atoms with E-state index in [9.17, 15) is 14.7 Å². The predicted octanol–water partition coefficient (Wildman–Crippen LogP) is 1.90. The van der Waals surface area contributed by atoms with E-state index in [1.54, 1.807) is 36.4 Å². The van der Waals surface area contributed by atoms with Crippen LogP contribution in [-0.4, -0.2) is 33.1 Å². The molecule has 2 aromatic rings. The largest absolute Gasteiger partial charge is 0.550 e. The van der Waals surface area contributed by atoms with E-state index >= 15 is 0 Å². The van der Waals surface area contributed by atoms with E-state index in [4.69, 9.17) is 14.2 Å². The molecule has 6 nitrogen and oxygen atoms in total. The molecule has 0 fully saturated rings. The highest BCUT2D eigenvalue weighted by Crippen LogP contribution is 2.31. The lowest BCUT2D eigenvalue weighted by molar-refractivity contribution is -0.304. The molecule has 0 N–H and O–H groups in total. The van der Waals surface area contributed by atoms with Gasteiger partial charge in [-0.15, -0.1) is 0 Å². The Kier molecular flexibility index (Phi) is 6.38. The summed E-state index contributed by atoms with van der Waals surface area (Å²) in [4.78, 5) is 23.3. The number of ether oxygens (including phenoxy) is 3. The zero-order valence-corrected chi connectivity index (χ0v) is 14.8. The molecule has 136 valence electrons. The van der Waals surface area contributed by atoms with Crippen molar-refractivity contribution in [1.29, 1.82) is 0 Å². The van der Waals surface area contributed by atoms with Crippen molar-refractivity contribution in [3.63, 3.8) is 0 Å². The van der Waals surface area contributed by atoms with Gasteiger partial charge in [0.15, 0.2) is 17.3 Å². The number of benzene rings is 2. The van der Waals surface area contributed by atoms with Crippen LogP contribution in [0.25, 0.3) is 6.08 Å². The monoisotopic (exact) mass is 355 g/mol. The second kappa shape index (κ2) is 8.71. The van der Waals surface area contributed by atoms with Gasteiger partial charge in [0.2, 0.25) is 0 Å². The number of para-hydroxylation sites is 1. The van der Waals surface area contributed by atoms with E-state index in [0.29, 0.717) is 33.9 Å². The van der Waals surface area contributed by atoms with Gasteiger partial charge in [-0.05, 0) is 36.4 Å². The number of rotatable bonds is 8. The topological polar surface area (TPSA) is 84.9 Å². The summed E-state index contributed by atoms with van der Waals surface area (Å²) < 4.78 is 15.7. The average Bonchev–Trinajstić information content (AvgIpc) is 2.64. The number of carbonyl (C=O) groups is 2. The van der Waals surface area contributed by atoms with Crippen LogP contribution in [0.3, 0.4) is 0 Å². The smallest absolute Gasteiger partial charge is 0.185 e. The van der Waals surface area contributed by atoms with Gasteiger partial charge in [0.05, 0.1) is 21.3 Å². The van der Waals surface area contributed by atoms with E-state index < -0.39 is 5.97 Å². The Labute approximate surface area is 151 Å². The fourth-order valence-electron chi connectivity index (χ4n) is 2.53. The standard InChI is InChI=1S/C20H20O6/c1-24-17-10-8-14(11-15(17)12-19(22)23)16(21)9-7-13-5-4-6-18(25-2)20(13)26-3/h4-11H,12H2,1-3H3,(H,22,23)/p-1/b9-7+. The van der Waals surface area contributed by atoms with E-state index in [-0.39, 0.29) is 12.2 Å². The Bertz CT molecular complexity index is 838. The van der Waals surface area contributed by atoms with Gasteiger partial charge in [-0.1, -0.05) is 12.1 Å². The minimum absolute atomic E-state index is 0.280. The van der Waals surface area contributed by atoms with E-state index in [2.05, 4.69) is 0 Å². The molecule has 2 aromatic carbocycles. The number of carbonyl (C=O) groups excluding carboxylic acids is 2. The third-order valence-electron chi connectivity index (χ3n) is 3.75. The van der Waals surface area contributed by atoms with Gasteiger partial charge in [-0.3, -0.25) is 4.79 Å². The van der Waals surface area contributed by atoms with Gasteiger partial charge in [0.25, 0.3) is 0 Å². The first-order valence-electron chi connectivity index (χ1n) is 7.80. The molecule has 0 unspecified atom stereocenters. The van der Waals surface area contributed by atoms with Crippen molar-refractivity contribution in [2.24, 2.45) is 0 Å². The van der Waals surface area contributed by atoms with Crippen molar-refractivity contribution < 1.29 is 28.9 Å². The zero-order chi connectivity index (χ0) is 19.1. The summed E-state index contributed by atoms with van der Waals surface area (Å²) in [7, 11) is 4.49. The quantitative estimate of drug-likeness (QED) is 0.531. The maximum atomic E-state index is 12.4. The maximum absolute atomic E-state index is 12.4. The number of carboxylic acids is 1. The number of methoxy groups -OCH3 is 3. The minimum Gasteiger partial charge on any atom is -0.550 e. The minimum atomic E-state index is -1.25. The molecule has 0 radical (unpaired) electrons. The normalized spacial score (nSPS) is 10.6. The van der Waals surface area contributed by atoms with Crippen LogP contribution in [0.5, 0.6) is 17.2 Å². The lowest BCUT2D eigenvalue weighted by Crippen LogP contribution is -2.24. The Morgan fingerprint density at radius 3 is 2.35 bits per heavy atom. The summed E-state index contributed by atoms with van der Waals surface area (Å²) in [6.45, 7) is 0. The molecule has 0 aromatic heterocycles. The summed E-state index contributed by atoms with van der Waals surface area (Å²) in [5, 5.41) is 10.9. The summed E-state index contributed by atoms with van der Waals surface area (Å²) in [5.74, 6) is -0.0555. The molecule has 0 atom stereocenters. The molecule has 0 amide bonds. The fraction of sp³-hybridized carbons (Fsp3) is 0.200. The number of hydrogen-bond acceptors (Lipinski definition) is 6. The van der Waals surface area contributed by atoms with Crippen LogP contribution in [0, 0.1) is 0 Å². The second-order valence-corrected chi connectivity index (χ2v) is 5.36. The number of aliphatic carboxylic acids is 1. The SMILES string of the molecule is COc1ccc(C(=O)/C=C/c2cccc(OC)c2OC)cc1CC(=O)[O-]. The average molecular weight is 355 g/mol. The lowest BCUT2D eigenvalue weighted by atomic mass is 10.0. The summed E-state index contributed by atoms with van der Waals surface area (Å²) in [5.41, 5.74) is 1.41. The van der Waals surface area contributed by atoms with E-state index in [1.165, 1.54) is 33.5 Å². The molecular formula is C20H19O6-. The molecule has 0 heterocycles. The molecule has 0 aliphatic carbocycles. The molecule has 26 heavy (non-hydrogen) atoms. The Morgan fingerprint density at radius 1 is 1.00 bits per heavy atom. The van der Waals surface area contributed by atoms with Crippen molar-refractivity contribution in [1.82, 2.24) is 0 Å². The number of allylic oxidation sites excluding steroid dienone is 1. The van der Waals surface area contributed by atoms with Crippen molar-refractivity contribution in [3.05, 3.63) is 59.2 Å². The summed E-state index contributed by atoms with van der Waals surface area (Å²) in [6.07, 6.45) is 2.67. The Morgan fingerprint density at radius 2 is 1.73 bits per heavy atom. The molecule has 0 bridgehead atoms. The van der Waals surface area contributed by atoms with Gasteiger partial charge >= 0.3 is 0 Å². The van der Waals surface area contributed by atoms with Crippen LogP contribution in [0.4, 0.5) is 0 Å². The molecule has 0 saturated carbocycles. The molecule has 2 rings (SSSR count). The highest BCUT2D eigenvalue weighted by molar-refractivity contribution is 6.07. The van der Waals surface area contributed by atoms with Crippen LogP contribution < -0.4 is 19.3 Å². The molecule has 0 spiro atoms. The number of ketones is 1. The first kappa shape index (κ1) is 19.1. The lowest BCUT2D eigenvalue weighted by Gasteiger charge is -2.11. The summed E-state index contributed by atoms with van der Waals surface area (Å²) >= 11 is 0. The highest BCUT2D eigenvalue weighted by atomic mass is 16.5. The third-order valence-corrected chi connectivity index (χ3v) is 3.75. The first-order valence-corrected chi connectivity index (χ1v) is 7.80. The van der Waals surface area contributed by atoms with Crippen molar-refractivity contribution in [2.75, 3.05) is 21.3 Å². The third kappa shape index (κ3) is 4.42. The Balaban J connectivity index is 2.30. The van der Waals surface area contributed by atoms with Crippen LogP contribution in [0.2, 0.25) is 0 Å². The van der Waals surface area contributed by atoms with Gasteiger partial charge in [-0.2, -0.15) is 0 Å². The molecule has 6 heteroatoms. The predicted molar refractivity (Wildman–Crippen MR) is 94.6 cm³/mol. The first-order chi connectivity index (χ1) is 12.5. The molecule has 0 aliphatic rings. The fourth-order valence-corrected chi connectivity index (χ4v) is 2.53. The van der Waals surface area contributed by atoms with E-state index in [1.807, 2.05) is 0 Å². The van der Waals surface area contributed by atoms with Crippen LogP contribution in [0.15, 0.2) is 42.5 Å². The molecule has 0 saturated heterocycles. The van der Waals surface area contributed by atoms with Crippen LogP contribution >= 0.6 is 0 Å². The molecule has 0 aliphatic heterocycles.